The summed E-state index contributed by atoms with van der Waals surface area (Å²) in [5.74, 6) is -3.33. The quantitative estimate of drug-likeness (QED) is 0.443. The van der Waals surface area contributed by atoms with Crippen LogP contribution in [0, 0.1) is 5.41 Å². The Morgan fingerprint density at radius 2 is 1.50 bits per heavy atom. The van der Waals surface area contributed by atoms with Crippen LogP contribution in [0.4, 0.5) is 13.2 Å². The molecule has 0 aliphatic rings. The van der Waals surface area contributed by atoms with Gasteiger partial charge in [-0.3, -0.25) is 4.79 Å². The molecule has 0 N–H and O–H groups in total. The first-order chi connectivity index (χ1) is 8.82. The maximum Gasteiger partial charge on any atom is 0.491 e. The largest absolute Gasteiger partial charge is 0.491 e. The Labute approximate surface area is 120 Å². The van der Waals surface area contributed by atoms with Crippen molar-refractivity contribution < 1.29 is 32.2 Å². The van der Waals surface area contributed by atoms with Crippen LogP contribution in [-0.2, 0) is 19.1 Å². The molecule has 0 aliphatic heterocycles. The van der Waals surface area contributed by atoms with Gasteiger partial charge in [0.2, 0.25) is 6.79 Å². The lowest BCUT2D eigenvalue weighted by molar-refractivity contribution is -0.210. The Balaban J connectivity index is 4.48. The highest BCUT2D eigenvalue weighted by Crippen LogP contribution is 2.35. The van der Waals surface area contributed by atoms with E-state index in [2.05, 4.69) is 9.47 Å². The lowest BCUT2D eigenvalue weighted by Crippen LogP contribution is -2.38. The second-order valence-corrected chi connectivity index (χ2v) is 6.26. The number of rotatable bonds is 5. The van der Waals surface area contributed by atoms with Crippen molar-refractivity contribution >= 4 is 23.5 Å². The minimum Gasteiger partial charge on any atom is -0.427 e. The van der Waals surface area contributed by atoms with Gasteiger partial charge in [-0.05, 0) is 18.3 Å². The Morgan fingerprint density at radius 3 is 1.85 bits per heavy atom. The molecule has 20 heavy (non-hydrogen) atoms. The van der Waals surface area contributed by atoms with Crippen LogP contribution < -0.4 is 0 Å². The van der Waals surface area contributed by atoms with E-state index in [0.29, 0.717) is 0 Å². The second kappa shape index (κ2) is 6.65. The highest BCUT2D eigenvalue weighted by Gasteiger charge is 2.42. The third-order valence-corrected chi connectivity index (χ3v) is 2.90. The summed E-state index contributed by atoms with van der Waals surface area (Å²) < 4.78 is 43.8. The zero-order valence-electron chi connectivity index (χ0n) is 11.8. The van der Waals surface area contributed by atoms with Gasteiger partial charge in [-0.2, -0.15) is 13.2 Å². The smallest absolute Gasteiger partial charge is 0.427 e. The summed E-state index contributed by atoms with van der Waals surface area (Å²) in [6.07, 6.45) is -4.62. The van der Waals surface area contributed by atoms with Crippen molar-refractivity contribution in [3.63, 3.8) is 0 Å². The molecule has 0 aromatic carbocycles. The predicted octanol–water partition coefficient (Wildman–Crippen LogP) is 3.42. The molecular weight excluding hydrogens is 301 g/mol. The number of alkyl halides is 4. The summed E-state index contributed by atoms with van der Waals surface area (Å²) in [4.78, 5) is 20.8. The Kier molecular flexibility index (Phi) is 6.32. The van der Waals surface area contributed by atoms with Gasteiger partial charge in [0.05, 0.1) is 0 Å². The average molecular weight is 319 g/mol. The van der Waals surface area contributed by atoms with Gasteiger partial charge in [-0.25, -0.2) is 4.79 Å². The molecule has 0 spiro atoms. The van der Waals surface area contributed by atoms with Crippen molar-refractivity contribution in [2.75, 3.05) is 6.79 Å². The lowest BCUT2D eigenvalue weighted by Gasteiger charge is -2.30. The fourth-order valence-corrected chi connectivity index (χ4v) is 1.99. The summed E-state index contributed by atoms with van der Waals surface area (Å²) in [7, 11) is 0. The van der Waals surface area contributed by atoms with Crippen molar-refractivity contribution in [2.45, 2.75) is 51.6 Å². The Bertz CT molecular complexity index is 363. The standard InChI is InChI=1S/C12H18ClF3O4/c1-5-11(13,6-10(2,3)4)8(17)19-7-20-9(18)12(14,15)16/h5-7H2,1-4H3. The first-order valence-corrected chi connectivity index (χ1v) is 6.30. The van der Waals surface area contributed by atoms with Gasteiger partial charge in [0.1, 0.15) is 4.87 Å². The monoisotopic (exact) mass is 318 g/mol. The van der Waals surface area contributed by atoms with Gasteiger partial charge >= 0.3 is 18.1 Å². The Hall–Kier alpha value is -0.980. The van der Waals surface area contributed by atoms with E-state index in [9.17, 15) is 22.8 Å². The number of ether oxygens (including phenoxy) is 2. The molecule has 0 saturated carbocycles. The molecule has 0 saturated heterocycles. The summed E-state index contributed by atoms with van der Waals surface area (Å²) in [6, 6.07) is 0. The zero-order valence-corrected chi connectivity index (χ0v) is 12.5. The maximum atomic E-state index is 11.9. The van der Waals surface area contributed by atoms with Crippen molar-refractivity contribution in [1.82, 2.24) is 0 Å². The van der Waals surface area contributed by atoms with Gasteiger partial charge in [0.15, 0.2) is 0 Å². The summed E-state index contributed by atoms with van der Waals surface area (Å²) in [5, 5.41) is 0. The van der Waals surface area contributed by atoms with Gasteiger partial charge < -0.3 is 9.47 Å². The molecule has 0 amide bonds. The number of carbonyl (C=O) groups is 2. The van der Waals surface area contributed by atoms with Crippen LogP contribution in [0.5, 0.6) is 0 Å². The van der Waals surface area contributed by atoms with Gasteiger partial charge in [-0.15, -0.1) is 11.6 Å². The number of hydrogen-bond acceptors (Lipinski definition) is 4. The third kappa shape index (κ3) is 6.45. The van der Waals surface area contributed by atoms with Gasteiger partial charge in [0.25, 0.3) is 0 Å². The first-order valence-electron chi connectivity index (χ1n) is 5.92. The topological polar surface area (TPSA) is 52.6 Å². The highest BCUT2D eigenvalue weighted by atomic mass is 35.5. The fourth-order valence-electron chi connectivity index (χ4n) is 1.53. The third-order valence-electron chi connectivity index (χ3n) is 2.35. The Morgan fingerprint density at radius 1 is 1.05 bits per heavy atom. The van der Waals surface area contributed by atoms with Crippen LogP contribution in [0.3, 0.4) is 0 Å². The molecule has 8 heteroatoms. The first kappa shape index (κ1) is 19.0. The zero-order chi connectivity index (χ0) is 16.2. The second-order valence-electron chi connectivity index (χ2n) is 5.54. The molecule has 0 fully saturated rings. The number of hydrogen-bond donors (Lipinski definition) is 0. The summed E-state index contributed by atoms with van der Waals surface area (Å²) >= 11 is 6.13. The van der Waals surface area contributed by atoms with Crippen molar-refractivity contribution in [3.8, 4) is 0 Å². The van der Waals surface area contributed by atoms with E-state index in [1.165, 1.54) is 0 Å². The average Bonchev–Trinajstić information content (AvgIpc) is 2.24. The van der Waals surface area contributed by atoms with E-state index in [1.807, 2.05) is 20.8 Å². The molecule has 0 heterocycles. The predicted molar refractivity (Wildman–Crippen MR) is 66.1 cm³/mol. The number of esters is 2. The highest BCUT2D eigenvalue weighted by molar-refractivity contribution is 6.34. The number of carbonyl (C=O) groups excluding carboxylic acids is 2. The van der Waals surface area contributed by atoms with Gasteiger partial charge in [0, 0.05) is 0 Å². The molecule has 0 aromatic rings. The van der Waals surface area contributed by atoms with E-state index >= 15 is 0 Å². The normalized spacial score (nSPS) is 15.4. The molecule has 1 unspecified atom stereocenters. The van der Waals surface area contributed by atoms with Crippen LogP contribution >= 0.6 is 11.6 Å². The maximum absolute atomic E-state index is 11.9. The number of halogens is 4. The van der Waals surface area contributed by atoms with E-state index in [-0.39, 0.29) is 18.3 Å². The van der Waals surface area contributed by atoms with Gasteiger partial charge in [-0.1, -0.05) is 27.7 Å². The van der Waals surface area contributed by atoms with Crippen molar-refractivity contribution in [2.24, 2.45) is 5.41 Å². The van der Waals surface area contributed by atoms with Crippen LogP contribution in [0.2, 0.25) is 0 Å². The minimum atomic E-state index is -5.12. The molecule has 118 valence electrons. The molecular formula is C12H18ClF3O4. The fraction of sp³-hybridized carbons (Fsp3) is 0.833. The van der Waals surface area contributed by atoms with Crippen molar-refractivity contribution in [1.29, 1.82) is 0 Å². The molecule has 0 bridgehead atoms. The molecule has 0 aliphatic carbocycles. The summed E-state index contributed by atoms with van der Waals surface area (Å²) in [5.41, 5.74) is -0.278. The van der Waals surface area contributed by atoms with Crippen LogP contribution in [-0.4, -0.2) is 29.8 Å². The van der Waals surface area contributed by atoms with E-state index in [1.54, 1.807) is 6.92 Å². The molecule has 4 nitrogen and oxygen atoms in total. The van der Waals surface area contributed by atoms with E-state index < -0.39 is 29.8 Å². The van der Waals surface area contributed by atoms with Crippen molar-refractivity contribution in [3.05, 3.63) is 0 Å². The SMILES string of the molecule is CCC(Cl)(CC(C)(C)C)C(=O)OCOC(=O)C(F)(F)F. The molecule has 0 rings (SSSR count). The molecule has 0 radical (unpaired) electrons. The van der Waals surface area contributed by atoms with E-state index in [0.717, 1.165) is 0 Å². The minimum absolute atomic E-state index is 0.234. The molecule has 0 aromatic heterocycles. The van der Waals surface area contributed by atoms with Crippen LogP contribution in [0.15, 0.2) is 0 Å². The van der Waals surface area contributed by atoms with Crippen LogP contribution in [0.25, 0.3) is 0 Å². The van der Waals surface area contributed by atoms with Crippen LogP contribution in [0.1, 0.15) is 40.5 Å². The van der Waals surface area contributed by atoms with E-state index in [4.69, 9.17) is 11.6 Å². The molecule has 1 atom stereocenters. The summed E-state index contributed by atoms with van der Waals surface area (Å²) in [6.45, 7) is 6.11. The lowest BCUT2D eigenvalue weighted by atomic mass is 9.83.